The standard InChI is InChI=1S/C22H25FN6O3/c1-3-19(30)14-10-27(2)21(31)20-16-12-28(7-6-18(16)26-29(20)11-14)22(32)25-15-4-5-17(23)13(8-15)9-24/h4-5,8,14,19,30H,3,6-7,10-12H2,1-2H3,(H,25,32)/t14-,19+/m0/s1. The van der Waals surface area contributed by atoms with Gasteiger partial charge in [0.15, 0.2) is 0 Å². The predicted molar refractivity (Wildman–Crippen MR) is 113 cm³/mol. The summed E-state index contributed by atoms with van der Waals surface area (Å²) in [5.74, 6) is -0.947. The summed E-state index contributed by atoms with van der Waals surface area (Å²) in [6.45, 7) is 3.40. The van der Waals surface area contributed by atoms with Gasteiger partial charge in [0, 0.05) is 50.3 Å². The van der Waals surface area contributed by atoms with Crippen LogP contribution in [0.2, 0.25) is 0 Å². The molecular weight excluding hydrogens is 415 g/mol. The molecule has 0 saturated carbocycles. The monoisotopic (exact) mass is 440 g/mol. The van der Waals surface area contributed by atoms with E-state index >= 15 is 0 Å². The Labute approximate surface area is 185 Å². The van der Waals surface area contributed by atoms with E-state index in [1.165, 1.54) is 12.1 Å². The number of halogens is 1. The van der Waals surface area contributed by atoms with Gasteiger partial charge in [-0.2, -0.15) is 10.4 Å². The summed E-state index contributed by atoms with van der Waals surface area (Å²) in [5.41, 5.74) is 2.12. The summed E-state index contributed by atoms with van der Waals surface area (Å²) in [7, 11) is 1.71. The van der Waals surface area contributed by atoms with E-state index in [9.17, 15) is 19.1 Å². The molecule has 0 spiro atoms. The molecule has 4 rings (SSSR count). The minimum Gasteiger partial charge on any atom is -0.393 e. The van der Waals surface area contributed by atoms with Crippen molar-refractivity contribution in [3.05, 3.63) is 46.5 Å². The number of aliphatic hydroxyl groups excluding tert-OH is 1. The molecule has 9 nitrogen and oxygen atoms in total. The highest BCUT2D eigenvalue weighted by Gasteiger charge is 2.36. The van der Waals surface area contributed by atoms with Crippen molar-refractivity contribution in [2.24, 2.45) is 5.92 Å². The van der Waals surface area contributed by atoms with E-state index < -0.39 is 18.0 Å². The average molecular weight is 440 g/mol. The minimum absolute atomic E-state index is 0.122. The molecule has 1 aromatic carbocycles. The number of hydrogen-bond donors (Lipinski definition) is 2. The Morgan fingerprint density at radius 2 is 2.22 bits per heavy atom. The Kier molecular flexibility index (Phi) is 5.84. The van der Waals surface area contributed by atoms with Gasteiger partial charge < -0.3 is 20.2 Å². The second kappa shape index (κ2) is 8.59. The topological polar surface area (TPSA) is 114 Å². The number of carbonyl (C=O) groups is 2. The lowest BCUT2D eigenvalue weighted by atomic mass is 10.0. The Morgan fingerprint density at radius 3 is 2.94 bits per heavy atom. The highest BCUT2D eigenvalue weighted by Crippen LogP contribution is 2.28. The number of nitrogens with one attached hydrogen (secondary N) is 1. The molecule has 1 aromatic heterocycles. The molecule has 2 aliphatic heterocycles. The third-order valence-corrected chi connectivity index (χ3v) is 6.15. The molecule has 32 heavy (non-hydrogen) atoms. The number of fused-ring (bicyclic) bond motifs is 3. The lowest BCUT2D eigenvalue weighted by Gasteiger charge is -2.27. The number of rotatable bonds is 3. The van der Waals surface area contributed by atoms with Gasteiger partial charge in [0.2, 0.25) is 0 Å². The van der Waals surface area contributed by atoms with Gasteiger partial charge in [-0.25, -0.2) is 9.18 Å². The van der Waals surface area contributed by atoms with Gasteiger partial charge in [0.05, 0.1) is 23.9 Å². The van der Waals surface area contributed by atoms with Crippen LogP contribution in [0.15, 0.2) is 18.2 Å². The molecule has 10 heteroatoms. The van der Waals surface area contributed by atoms with Gasteiger partial charge in [-0.1, -0.05) is 6.92 Å². The first-order chi connectivity index (χ1) is 15.3. The summed E-state index contributed by atoms with van der Waals surface area (Å²) < 4.78 is 15.2. The van der Waals surface area contributed by atoms with Gasteiger partial charge in [-0.15, -0.1) is 0 Å². The number of urea groups is 1. The van der Waals surface area contributed by atoms with Crippen LogP contribution in [-0.4, -0.2) is 62.9 Å². The van der Waals surface area contributed by atoms with Crippen molar-refractivity contribution in [3.63, 3.8) is 0 Å². The zero-order valence-electron chi connectivity index (χ0n) is 18.0. The summed E-state index contributed by atoms with van der Waals surface area (Å²) in [5, 5.41) is 26.7. The maximum atomic E-state index is 13.5. The Morgan fingerprint density at radius 1 is 1.44 bits per heavy atom. The Bertz CT molecular complexity index is 1110. The lowest BCUT2D eigenvalue weighted by molar-refractivity contribution is 0.0626. The van der Waals surface area contributed by atoms with E-state index in [4.69, 9.17) is 5.26 Å². The number of nitriles is 1. The van der Waals surface area contributed by atoms with E-state index in [-0.39, 0.29) is 23.9 Å². The van der Waals surface area contributed by atoms with Crippen LogP contribution in [0.3, 0.4) is 0 Å². The SMILES string of the molecule is CC[C@@H](O)[C@H]1CN(C)C(=O)c2c3c(nn2C1)CCN(C(=O)Nc1ccc(F)c(C#N)c1)C3. The fourth-order valence-corrected chi connectivity index (χ4v) is 4.33. The van der Waals surface area contributed by atoms with Crippen LogP contribution in [0.1, 0.15) is 40.7 Å². The average Bonchev–Trinajstić information content (AvgIpc) is 3.09. The smallest absolute Gasteiger partial charge is 0.322 e. The predicted octanol–water partition coefficient (Wildman–Crippen LogP) is 1.96. The summed E-state index contributed by atoms with van der Waals surface area (Å²) in [4.78, 5) is 29.1. The van der Waals surface area contributed by atoms with Crippen molar-refractivity contribution < 1.29 is 19.1 Å². The van der Waals surface area contributed by atoms with Crippen LogP contribution in [0.4, 0.5) is 14.9 Å². The molecule has 3 amide bonds. The highest BCUT2D eigenvalue weighted by molar-refractivity contribution is 5.95. The van der Waals surface area contributed by atoms with Gasteiger partial charge >= 0.3 is 6.03 Å². The third-order valence-electron chi connectivity index (χ3n) is 6.15. The molecule has 2 aromatic rings. The van der Waals surface area contributed by atoms with Crippen molar-refractivity contribution in [1.29, 1.82) is 5.26 Å². The number of carbonyl (C=O) groups excluding carboxylic acids is 2. The molecule has 168 valence electrons. The van der Waals surface area contributed by atoms with Gasteiger partial charge in [0.25, 0.3) is 5.91 Å². The van der Waals surface area contributed by atoms with Crippen LogP contribution < -0.4 is 5.32 Å². The number of hydrogen-bond acceptors (Lipinski definition) is 5. The van der Waals surface area contributed by atoms with E-state index in [2.05, 4.69) is 10.4 Å². The zero-order chi connectivity index (χ0) is 23.0. The zero-order valence-corrected chi connectivity index (χ0v) is 18.0. The van der Waals surface area contributed by atoms with Crippen LogP contribution in [0.5, 0.6) is 0 Å². The normalized spacial score (nSPS) is 19.0. The van der Waals surface area contributed by atoms with Crippen molar-refractivity contribution in [1.82, 2.24) is 19.6 Å². The van der Waals surface area contributed by atoms with E-state index in [1.54, 1.807) is 27.6 Å². The molecule has 0 saturated heterocycles. The quantitative estimate of drug-likeness (QED) is 0.757. The molecule has 0 unspecified atom stereocenters. The molecule has 2 aliphatic rings. The first-order valence-corrected chi connectivity index (χ1v) is 10.6. The first kappa shape index (κ1) is 21.8. The fourth-order valence-electron chi connectivity index (χ4n) is 4.33. The number of aliphatic hydroxyl groups is 1. The van der Waals surface area contributed by atoms with Crippen molar-refractivity contribution >= 4 is 17.6 Å². The highest BCUT2D eigenvalue weighted by atomic mass is 19.1. The molecular formula is C22H25FN6O3. The maximum Gasteiger partial charge on any atom is 0.322 e. The molecule has 3 heterocycles. The second-order valence-electron chi connectivity index (χ2n) is 8.29. The van der Waals surface area contributed by atoms with Crippen LogP contribution in [0.25, 0.3) is 0 Å². The van der Waals surface area contributed by atoms with Crippen LogP contribution in [0, 0.1) is 23.1 Å². The number of nitrogens with zero attached hydrogens (tertiary/aromatic N) is 5. The van der Waals surface area contributed by atoms with Gasteiger partial charge in [-0.3, -0.25) is 9.48 Å². The Balaban J connectivity index is 1.57. The van der Waals surface area contributed by atoms with Gasteiger partial charge in [-0.05, 0) is 24.6 Å². The van der Waals surface area contributed by atoms with E-state index in [0.29, 0.717) is 49.4 Å². The van der Waals surface area contributed by atoms with E-state index in [1.807, 2.05) is 6.92 Å². The van der Waals surface area contributed by atoms with E-state index in [0.717, 1.165) is 11.8 Å². The van der Waals surface area contributed by atoms with Crippen molar-refractivity contribution in [2.75, 3.05) is 25.5 Å². The van der Waals surface area contributed by atoms with Crippen LogP contribution in [-0.2, 0) is 19.5 Å². The molecule has 2 N–H and O–H groups in total. The summed E-state index contributed by atoms with van der Waals surface area (Å²) >= 11 is 0. The molecule has 0 radical (unpaired) electrons. The number of anilines is 1. The second-order valence-corrected chi connectivity index (χ2v) is 8.29. The van der Waals surface area contributed by atoms with Gasteiger partial charge in [0.1, 0.15) is 17.6 Å². The molecule has 2 atom stereocenters. The number of benzene rings is 1. The number of aromatic nitrogens is 2. The summed E-state index contributed by atoms with van der Waals surface area (Å²) in [6.07, 6.45) is 0.551. The maximum absolute atomic E-state index is 13.5. The third kappa shape index (κ3) is 3.91. The fraction of sp³-hybridized carbons (Fsp3) is 0.455. The molecule has 0 bridgehead atoms. The minimum atomic E-state index is -0.648. The van der Waals surface area contributed by atoms with Crippen LogP contribution >= 0.6 is 0 Å². The largest absolute Gasteiger partial charge is 0.393 e. The van der Waals surface area contributed by atoms with Crippen molar-refractivity contribution in [3.8, 4) is 6.07 Å². The molecule has 0 fully saturated rings. The molecule has 0 aliphatic carbocycles. The first-order valence-electron chi connectivity index (χ1n) is 10.6. The summed E-state index contributed by atoms with van der Waals surface area (Å²) in [6, 6.07) is 5.16. The van der Waals surface area contributed by atoms with Crippen molar-refractivity contribution in [2.45, 2.75) is 39.0 Å². The number of amides is 3. The lowest BCUT2D eigenvalue weighted by Crippen LogP contribution is -2.40. The Hall–Kier alpha value is -3.45.